The summed E-state index contributed by atoms with van der Waals surface area (Å²) in [6.07, 6.45) is 0. The maximum atomic E-state index is 11.8. The zero-order valence-electron chi connectivity index (χ0n) is 12.5. The summed E-state index contributed by atoms with van der Waals surface area (Å²) >= 11 is 4.75. The zero-order chi connectivity index (χ0) is 16.8. The number of thioether (sulfide) groups is 1. The molecule has 122 valence electrons. The number of nitrogens with zero attached hydrogens (tertiary/aromatic N) is 2. The van der Waals surface area contributed by atoms with Gasteiger partial charge in [-0.15, -0.1) is 10.2 Å². The molecule has 0 aliphatic rings. The van der Waals surface area contributed by atoms with Gasteiger partial charge in [-0.2, -0.15) is 0 Å². The average Bonchev–Trinajstić information content (AvgIpc) is 3.08. The number of aromatic nitrogens is 2. The van der Waals surface area contributed by atoms with Crippen LogP contribution >= 0.6 is 27.7 Å². The van der Waals surface area contributed by atoms with Crippen molar-refractivity contribution >= 4 is 33.7 Å². The maximum Gasteiger partial charge on any atom is 0.338 e. The van der Waals surface area contributed by atoms with E-state index in [0.717, 1.165) is 10.0 Å². The Kier molecular flexibility index (Phi) is 5.66. The number of hydrogen-bond donors (Lipinski definition) is 0. The molecular formula is C17H13BrN2O3S. The smallest absolute Gasteiger partial charge is 0.338 e. The van der Waals surface area contributed by atoms with E-state index < -0.39 is 0 Å². The topological polar surface area (TPSA) is 65.2 Å². The van der Waals surface area contributed by atoms with Gasteiger partial charge in [0.25, 0.3) is 5.22 Å². The highest BCUT2D eigenvalue weighted by Crippen LogP contribution is 2.25. The Morgan fingerprint density at radius 3 is 2.75 bits per heavy atom. The van der Waals surface area contributed by atoms with E-state index in [-0.39, 0.29) is 12.6 Å². The van der Waals surface area contributed by atoms with Crippen LogP contribution in [0.3, 0.4) is 0 Å². The molecule has 2 aromatic carbocycles. The molecule has 7 heteroatoms. The van der Waals surface area contributed by atoms with Gasteiger partial charge < -0.3 is 9.15 Å². The first-order chi connectivity index (χ1) is 11.7. The van der Waals surface area contributed by atoms with Gasteiger partial charge in [0.15, 0.2) is 0 Å². The largest absolute Gasteiger partial charge is 0.461 e. The molecule has 0 N–H and O–H groups in total. The summed E-state index contributed by atoms with van der Waals surface area (Å²) in [4.78, 5) is 11.8. The molecule has 0 aliphatic heterocycles. The lowest BCUT2D eigenvalue weighted by Gasteiger charge is -2.03. The SMILES string of the molecule is O=C(OCCSc1nnc(-c2cccc(Br)c2)o1)c1ccccc1. The Morgan fingerprint density at radius 2 is 1.96 bits per heavy atom. The summed E-state index contributed by atoms with van der Waals surface area (Å²) in [7, 11) is 0. The quantitative estimate of drug-likeness (QED) is 0.343. The maximum absolute atomic E-state index is 11.8. The van der Waals surface area contributed by atoms with Crippen molar-refractivity contribution < 1.29 is 13.9 Å². The molecule has 1 aromatic heterocycles. The minimum atomic E-state index is -0.337. The fourth-order valence-corrected chi connectivity index (χ4v) is 2.90. The van der Waals surface area contributed by atoms with Crippen LogP contribution in [0.1, 0.15) is 10.4 Å². The lowest BCUT2D eigenvalue weighted by atomic mass is 10.2. The van der Waals surface area contributed by atoms with Crippen molar-refractivity contribution in [1.29, 1.82) is 0 Å². The second kappa shape index (κ2) is 8.12. The molecule has 3 rings (SSSR count). The number of benzene rings is 2. The van der Waals surface area contributed by atoms with Gasteiger partial charge in [-0.05, 0) is 30.3 Å². The lowest BCUT2D eigenvalue weighted by molar-refractivity contribution is 0.0530. The Labute approximate surface area is 151 Å². The van der Waals surface area contributed by atoms with Crippen molar-refractivity contribution in [1.82, 2.24) is 10.2 Å². The summed E-state index contributed by atoms with van der Waals surface area (Å²) in [5, 5.41) is 8.46. The van der Waals surface area contributed by atoms with E-state index in [4.69, 9.17) is 9.15 Å². The van der Waals surface area contributed by atoms with Crippen molar-refractivity contribution in [3.05, 3.63) is 64.6 Å². The van der Waals surface area contributed by atoms with Crippen molar-refractivity contribution in [3.8, 4) is 11.5 Å². The molecule has 0 amide bonds. The number of carbonyl (C=O) groups is 1. The van der Waals surface area contributed by atoms with Crippen LogP contribution in [0.2, 0.25) is 0 Å². The normalized spacial score (nSPS) is 10.5. The van der Waals surface area contributed by atoms with Gasteiger partial charge in [0.1, 0.15) is 6.61 Å². The fraction of sp³-hybridized carbons (Fsp3) is 0.118. The molecule has 0 spiro atoms. The van der Waals surface area contributed by atoms with Gasteiger partial charge in [-0.1, -0.05) is 52.0 Å². The third kappa shape index (κ3) is 4.46. The number of hydrogen-bond acceptors (Lipinski definition) is 6. The van der Waals surface area contributed by atoms with Crippen LogP contribution in [-0.4, -0.2) is 28.5 Å². The van der Waals surface area contributed by atoms with E-state index in [1.54, 1.807) is 24.3 Å². The van der Waals surface area contributed by atoms with E-state index in [0.29, 0.717) is 22.4 Å². The molecule has 0 saturated carbocycles. The number of esters is 1. The monoisotopic (exact) mass is 404 g/mol. The van der Waals surface area contributed by atoms with Crippen LogP contribution < -0.4 is 0 Å². The molecule has 0 saturated heterocycles. The minimum Gasteiger partial charge on any atom is -0.461 e. The Bertz CT molecular complexity index is 823. The predicted molar refractivity (Wildman–Crippen MR) is 94.9 cm³/mol. The van der Waals surface area contributed by atoms with Crippen LogP contribution in [0.15, 0.2) is 68.7 Å². The van der Waals surface area contributed by atoms with Crippen molar-refractivity contribution in [2.75, 3.05) is 12.4 Å². The van der Waals surface area contributed by atoms with Crippen molar-refractivity contribution in [2.45, 2.75) is 5.22 Å². The van der Waals surface area contributed by atoms with E-state index in [1.807, 2.05) is 30.3 Å². The highest BCUT2D eigenvalue weighted by molar-refractivity contribution is 9.10. The molecule has 0 fully saturated rings. The summed E-state index contributed by atoms with van der Waals surface area (Å²) in [5.41, 5.74) is 1.39. The Morgan fingerprint density at radius 1 is 1.12 bits per heavy atom. The van der Waals surface area contributed by atoms with E-state index in [1.165, 1.54) is 11.8 Å². The van der Waals surface area contributed by atoms with E-state index >= 15 is 0 Å². The first kappa shape index (κ1) is 16.7. The number of carbonyl (C=O) groups excluding carboxylic acids is 1. The van der Waals surface area contributed by atoms with Crippen molar-refractivity contribution in [3.63, 3.8) is 0 Å². The number of ether oxygens (including phenoxy) is 1. The molecule has 0 radical (unpaired) electrons. The molecular weight excluding hydrogens is 392 g/mol. The lowest BCUT2D eigenvalue weighted by Crippen LogP contribution is -2.07. The number of halogens is 1. The standard InChI is InChI=1S/C17H13BrN2O3S/c18-14-8-4-7-13(11-14)15-19-20-17(23-15)24-10-9-22-16(21)12-5-2-1-3-6-12/h1-8,11H,9-10H2. The fourth-order valence-electron chi connectivity index (χ4n) is 1.93. The minimum absolute atomic E-state index is 0.271. The molecule has 1 heterocycles. The average molecular weight is 405 g/mol. The van der Waals surface area contributed by atoms with Gasteiger partial charge in [0.2, 0.25) is 5.89 Å². The molecule has 0 bridgehead atoms. The predicted octanol–water partition coefficient (Wildman–Crippen LogP) is 4.45. The Balaban J connectivity index is 1.49. The molecule has 0 unspecified atom stereocenters. The van der Waals surface area contributed by atoms with Crippen LogP contribution in [0.25, 0.3) is 11.5 Å². The van der Waals surface area contributed by atoms with Crippen LogP contribution in [-0.2, 0) is 4.74 Å². The van der Waals surface area contributed by atoms with Gasteiger partial charge in [-0.3, -0.25) is 0 Å². The summed E-state index contributed by atoms with van der Waals surface area (Å²) in [6.45, 7) is 0.271. The van der Waals surface area contributed by atoms with Gasteiger partial charge in [0.05, 0.1) is 5.56 Å². The third-order valence-corrected chi connectivity index (χ3v) is 4.31. The van der Waals surface area contributed by atoms with Crippen LogP contribution in [0, 0.1) is 0 Å². The molecule has 0 aliphatic carbocycles. The summed E-state index contributed by atoms with van der Waals surface area (Å²) in [6, 6.07) is 16.5. The van der Waals surface area contributed by atoms with Crippen molar-refractivity contribution in [2.24, 2.45) is 0 Å². The van der Waals surface area contributed by atoms with Gasteiger partial charge in [-0.25, -0.2) is 4.79 Å². The van der Waals surface area contributed by atoms with E-state index in [9.17, 15) is 4.79 Å². The molecule has 0 atom stereocenters. The Hall–Kier alpha value is -2.12. The first-order valence-corrected chi connectivity index (χ1v) is 8.94. The summed E-state index contributed by atoms with van der Waals surface area (Å²) in [5.74, 6) is 0.662. The first-order valence-electron chi connectivity index (χ1n) is 7.17. The molecule has 24 heavy (non-hydrogen) atoms. The van der Waals surface area contributed by atoms with Gasteiger partial charge in [0, 0.05) is 15.8 Å². The number of rotatable bonds is 6. The highest BCUT2D eigenvalue weighted by atomic mass is 79.9. The summed E-state index contributed by atoms with van der Waals surface area (Å²) < 4.78 is 11.7. The second-order valence-electron chi connectivity index (χ2n) is 4.73. The molecule has 3 aromatic rings. The van der Waals surface area contributed by atoms with Gasteiger partial charge >= 0.3 is 5.97 Å². The van der Waals surface area contributed by atoms with Crippen LogP contribution in [0.5, 0.6) is 0 Å². The van der Waals surface area contributed by atoms with Crippen LogP contribution in [0.4, 0.5) is 0 Å². The van der Waals surface area contributed by atoms with E-state index in [2.05, 4.69) is 26.1 Å². The zero-order valence-corrected chi connectivity index (χ0v) is 14.9. The molecule has 5 nitrogen and oxygen atoms in total. The second-order valence-corrected chi connectivity index (χ2v) is 6.70. The third-order valence-electron chi connectivity index (χ3n) is 3.03. The highest BCUT2D eigenvalue weighted by Gasteiger charge is 2.10.